The van der Waals surface area contributed by atoms with E-state index in [2.05, 4.69) is 11.9 Å². The van der Waals surface area contributed by atoms with Crippen molar-refractivity contribution >= 4 is 17.4 Å². The minimum absolute atomic E-state index is 0.261. The fraction of sp³-hybridized carbons (Fsp3) is 0.500. The van der Waals surface area contributed by atoms with Gasteiger partial charge >= 0.3 is 5.69 Å². The monoisotopic (exact) mass is 199 g/mol. The summed E-state index contributed by atoms with van der Waals surface area (Å²) < 4.78 is 1.64. The molecule has 0 fully saturated rings. The molecular weight excluding hydrogens is 190 g/mol. The van der Waals surface area contributed by atoms with Gasteiger partial charge in [-0.2, -0.15) is 4.98 Å². The lowest BCUT2D eigenvalue weighted by Gasteiger charge is -2.15. The zero-order valence-corrected chi connectivity index (χ0v) is 8.25. The second-order valence-corrected chi connectivity index (χ2v) is 3.68. The van der Waals surface area contributed by atoms with Crippen LogP contribution in [0.1, 0.15) is 6.92 Å². The van der Waals surface area contributed by atoms with Crippen LogP contribution in [-0.2, 0) is 6.54 Å². The normalized spacial score (nSPS) is 20.5. The molecular formula is C8H10ClN3O. The summed E-state index contributed by atoms with van der Waals surface area (Å²) in [7, 11) is 1.94. The molecule has 13 heavy (non-hydrogen) atoms. The molecule has 1 aromatic rings. The molecule has 1 aromatic heterocycles. The van der Waals surface area contributed by atoms with Crippen LogP contribution in [-0.4, -0.2) is 22.6 Å². The van der Waals surface area contributed by atoms with E-state index in [-0.39, 0.29) is 10.8 Å². The van der Waals surface area contributed by atoms with Crippen molar-refractivity contribution in [2.75, 3.05) is 11.9 Å². The first-order chi connectivity index (χ1) is 6.09. The van der Waals surface area contributed by atoms with Gasteiger partial charge in [-0.1, -0.05) is 11.6 Å². The highest BCUT2D eigenvalue weighted by Crippen LogP contribution is 2.23. The van der Waals surface area contributed by atoms with Crippen molar-refractivity contribution in [1.29, 1.82) is 0 Å². The van der Waals surface area contributed by atoms with E-state index in [1.165, 1.54) is 0 Å². The number of aromatic nitrogens is 2. The van der Waals surface area contributed by atoms with Crippen LogP contribution >= 0.6 is 11.6 Å². The maximum atomic E-state index is 11.4. The molecule has 0 amide bonds. The lowest BCUT2D eigenvalue weighted by Crippen LogP contribution is -2.23. The van der Waals surface area contributed by atoms with Crippen molar-refractivity contribution in [3.8, 4) is 0 Å². The first kappa shape index (κ1) is 8.56. The standard InChI is InChI=1S/C8H10ClN3O/c1-5-4-12-7(11(5)2)3-6(9)10-8(12)13/h3,5H,4H2,1-2H3/t5-/m0/s1. The van der Waals surface area contributed by atoms with Crippen LogP contribution in [0, 0.1) is 0 Å². The Kier molecular flexibility index (Phi) is 1.80. The van der Waals surface area contributed by atoms with E-state index in [4.69, 9.17) is 11.6 Å². The van der Waals surface area contributed by atoms with E-state index < -0.39 is 0 Å². The number of hydrogen-bond donors (Lipinski definition) is 0. The van der Waals surface area contributed by atoms with Gasteiger partial charge < -0.3 is 4.90 Å². The molecule has 0 spiro atoms. The summed E-state index contributed by atoms with van der Waals surface area (Å²) in [6.07, 6.45) is 0. The second kappa shape index (κ2) is 2.73. The van der Waals surface area contributed by atoms with Gasteiger partial charge in [-0.15, -0.1) is 0 Å². The van der Waals surface area contributed by atoms with Crippen LogP contribution in [0.4, 0.5) is 5.82 Å². The van der Waals surface area contributed by atoms with Crippen LogP contribution in [0.5, 0.6) is 0 Å². The third-order valence-electron chi connectivity index (χ3n) is 2.43. The van der Waals surface area contributed by atoms with Crippen molar-refractivity contribution in [3.63, 3.8) is 0 Å². The Morgan fingerprint density at radius 1 is 1.69 bits per heavy atom. The molecule has 0 saturated heterocycles. The SMILES string of the molecule is C[C@H]1Cn2c(cc(Cl)nc2=O)N1C. The number of rotatable bonds is 0. The van der Waals surface area contributed by atoms with Crippen molar-refractivity contribution in [2.24, 2.45) is 0 Å². The number of hydrogen-bond acceptors (Lipinski definition) is 3. The molecule has 4 nitrogen and oxygen atoms in total. The number of halogens is 1. The van der Waals surface area contributed by atoms with Gasteiger partial charge in [0.05, 0.1) is 0 Å². The Bertz CT molecular complexity index is 401. The molecule has 2 rings (SSSR count). The van der Waals surface area contributed by atoms with Crippen molar-refractivity contribution < 1.29 is 0 Å². The van der Waals surface area contributed by atoms with Gasteiger partial charge in [-0.05, 0) is 6.92 Å². The highest BCUT2D eigenvalue weighted by Gasteiger charge is 2.24. The van der Waals surface area contributed by atoms with E-state index in [0.29, 0.717) is 12.6 Å². The summed E-state index contributed by atoms with van der Waals surface area (Å²) in [5.41, 5.74) is -0.265. The van der Waals surface area contributed by atoms with E-state index >= 15 is 0 Å². The summed E-state index contributed by atoms with van der Waals surface area (Å²) in [4.78, 5) is 17.0. The largest absolute Gasteiger partial charge is 0.356 e. The van der Waals surface area contributed by atoms with E-state index in [9.17, 15) is 4.79 Å². The molecule has 2 heterocycles. The van der Waals surface area contributed by atoms with Gasteiger partial charge in [0.15, 0.2) is 0 Å². The van der Waals surface area contributed by atoms with E-state index in [1.54, 1.807) is 10.6 Å². The fourth-order valence-corrected chi connectivity index (χ4v) is 1.71. The quantitative estimate of drug-likeness (QED) is 0.579. The minimum Gasteiger partial charge on any atom is -0.356 e. The predicted molar refractivity (Wildman–Crippen MR) is 51.4 cm³/mol. The van der Waals surface area contributed by atoms with Crippen molar-refractivity contribution in [1.82, 2.24) is 9.55 Å². The fourth-order valence-electron chi connectivity index (χ4n) is 1.54. The first-order valence-electron chi connectivity index (χ1n) is 4.10. The predicted octanol–water partition coefficient (Wildman–Crippen LogP) is 0.735. The molecule has 0 bridgehead atoms. The van der Waals surface area contributed by atoms with Gasteiger partial charge in [0, 0.05) is 25.7 Å². The smallest absolute Gasteiger partial charge is 0.350 e. The zero-order valence-electron chi connectivity index (χ0n) is 7.49. The maximum absolute atomic E-state index is 11.4. The molecule has 0 saturated carbocycles. The highest BCUT2D eigenvalue weighted by molar-refractivity contribution is 6.29. The number of anilines is 1. The van der Waals surface area contributed by atoms with E-state index in [0.717, 1.165) is 5.82 Å². The van der Waals surface area contributed by atoms with Gasteiger partial charge in [0.1, 0.15) is 11.0 Å². The number of nitrogens with zero attached hydrogens (tertiary/aromatic N) is 3. The Labute approximate surface area is 80.8 Å². The van der Waals surface area contributed by atoms with Crippen LogP contribution < -0.4 is 10.6 Å². The Balaban J connectivity index is 2.64. The highest BCUT2D eigenvalue weighted by atomic mass is 35.5. The zero-order chi connectivity index (χ0) is 9.59. The van der Waals surface area contributed by atoms with Gasteiger partial charge in [0.2, 0.25) is 0 Å². The summed E-state index contributed by atoms with van der Waals surface area (Å²) in [6, 6.07) is 2.04. The molecule has 1 aliphatic rings. The molecule has 0 unspecified atom stereocenters. The number of likely N-dealkylation sites (N-methyl/N-ethyl adjacent to an activating group) is 1. The first-order valence-corrected chi connectivity index (χ1v) is 4.47. The van der Waals surface area contributed by atoms with Crippen LogP contribution in [0.15, 0.2) is 10.9 Å². The van der Waals surface area contributed by atoms with Crippen molar-refractivity contribution in [2.45, 2.75) is 19.5 Å². The van der Waals surface area contributed by atoms with Gasteiger partial charge in [-0.3, -0.25) is 4.57 Å². The van der Waals surface area contributed by atoms with Crippen molar-refractivity contribution in [3.05, 3.63) is 21.7 Å². The molecule has 5 heteroatoms. The molecule has 1 aliphatic heterocycles. The van der Waals surface area contributed by atoms with Gasteiger partial charge in [0.25, 0.3) is 0 Å². The van der Waals surface area contributed by atoms with Gasteiger partial charge in [-0.25, -0.2) is 4.79 Å². The molecule has 0 N–H and O–H groups in total. The van der Waals surface area contributed by atoms with Crippen LogP contribution in [0.3, 0.4) is 0 Å². The minimum atomic E-state index is -0.265. The Hall–Kier alpha value is -1.03. The molecule has 1 atom stereocenters. The maximum Gasteiger partial charge on any atom is 0.350 e. The molecule has 70 valence electrons. The number of fused-ring (bicyclic) bond motifs is 1. The third kappa shape index (κ3) is 1.21. The summed E-state index contributed by atoms with van der Waals surface area (Å²) in [5.74, 6) is 0.845. The van der Waals surface area contributed by atoms with Crippen LogP contribution in [0.25, 0.3) is 0 Å². The second-order valence-electron chi connectivity index (χ2n) is 3.29. The lowest BCUT2D eigenvalue weighted by molar-refractivity contribution is 0.632. The lowest BCUT2D eigenvalue weighted by atomic mass is 10.3. The topological polar surface area (TPSA) is 38.1 Å². The van der Waals surface area contributed by atoms with E-state index in [1.807, 2.05) is 11.9 Å². The molecule has 0 aromatic carbocycles. The summed E-state index contributed by atoms with van der Waals surface area (Å²) in [5, 5.41) is 0.261. The molecule has 0 aliphatic carbocycles. The Morgan fingerprint density at radius 2 is 2.38 bits per heavy atom. The third-order valence-corrected chi connectivity index (χ3v) is 2.62. The summed E-state index contributed by atoms with van der Waals surface area (Å²) in [6.45, 7) is 2.75. The summed E-state index contributed by atoms with van der Waals surface area (Å²) >= 11 is 5.69. The Morgan fingerprint density at radius 3 is 3.08 bits per heavy atom. The van der Waals surface area contributed by atoms with Crippen LogP contribution in [0.2, 0.25) is 5.15 Å². The average molecular weight is 200 g/mol. The molecule has 0 radical (unpaired) electrons. The average Bonchev–Trinajstić information content (AvgIpc) is 2.32.